The summed E-state index contributed by atoms with van der Waals surface area (Å²) in [5, 5.41) is 13.1. The van der Waals surface area contributed by atoms with Crippen molar-refractivity contribution < 1.29 is 33.5 Å². The number of hydrogen-bond donors (Lipinski definition) is 2. The molecule has 0 aliphatic carbocycles. The van der Waals surface area contributed by atoms with Gasteiger partial charge in [-0.25, -0.2) is 4.79 Å². The molecule has 1 aromatic carbocycles. The Morgan fingerprint density at radius 1 is 1.31 bits per heavy atom. The maximum absolute atomic E-state index is 12.5. The Balaban J connectivity index is 2.22. The molecule has 0 bridgehead atoms. The maximum Gasteiger partial charge on any atom is 0.547 e. The first-order chi connectivity index (χ1) is 13.5. The van der Waals surface area contributed by atoms with E-state index in [1.54, 1.807) is 27.7 Å². The lowest BCUT2D eigenvalue weighted by Crippen LogP contribution is -2.53. The van der Waals surface area contributed by atoms with Crippen LogP contribution in [0.2, 0.25) is 10.0 Å². The highest BCUT2D eigenvalue weighted by Gasteiger charge is 2.39. The molecule has 2 N–H and O–H groups in total. The molecule has 1 aromatic rings. The molecule has 1 heterocycles. The maximum atomic E-state index is 12.5. The first-order valence-electron chi connectivity index (χ1n) is 8.95. The third-order valence-corrected chi connectivity index (χ3v) is 4.98. The van der Waals surface area contributed by atoms with Crippen LogP contribution in [0.1, 0.15) is 50.0 Å². The zero-order valence-corrected chi connectivity index (χ0v) is 18.0. The van der Waals surface area contributed by atoms with Crippen LogP contribution in [0.25, 0.3) is 0 Å². The van der Waals surface area contributed by atoms with Crippen LogP contribution in [0.4, 0.5) is 0 Å². The molecule has 1 atom stereocenters. The average molecular weight is 446 g/mol. The third-order valence-electron chi connectivity index (χ3n) is 4.15. The molecule has 11 heteroatoms. The zero-order chi connectivity index (χ0) is 21.9. The summed E-state index contributed by atoms with van der Waals surface area (Å²) in [4.78, 5) is 35.9. The molecule has 0 radical (unpaired) electrons. The van der Waals surface area contributed by atoms with Gasteiger partial charge in [0.1, 0.15) is 11.3 Å². The van der Waals surface area contributed by atoms with E-state index in [-0.39, 0.29) is 40.1 Å². The minimum absolute atomic E-state index is 0.000968. The van der Waals surface area contributed by atoms with Gasteiger partial charge in [-0.05, 0) is 33.3 Å². The summed E-state index contributed by atoms with van der Waals surface area (Å²) in [6, 6.07) is 1.24. The number of fused-ring (bicyclic) bond motifs is 1. The van der Waals surface area contributed by atoms with Crippen molar-refractivity contribution in [2.45, 2.75) is 46.5 Å². The number of hydrogen-bond acceptors (Lipinski definition) is 7. The van der Waals surface area contributed by atoms with Crippen LogP contribution in [-0.4, -0.2) is 42.7 Å². The van der Waals surface area contributed by atoms with Gasteiger partial charge in [0.05, 0.1) is 21.4 Å². The van der Waals surface area contributed by atoms with Crippen molar-refractivity contribution in [2.24, 2.45) is 5.41 Å². The Bertz CT molecular complexity index is 825. The van der Waals surface area contributed by atoms with Crippen LogP contribution in [-0.2, 0) is 25.5 Å². The fourth-order valence-corrected chi connectivity index (χ4v) is 2.96. The van der Waals surface area contributed by atoms with Crippen molar-refractivity contribution in [1.29, 1.82) is 0 Å². The van der Waals surface area contributed by atoms with Gasteiger partial charge in [-0.2, -0.15) is 0 Å². The second kappa shape index (κ2) is 9.23. The van der Waals surface area contributed by atoms with Gasteiger partial charge in [0, 0.05) is 12.0 Å². The predicted octanol–water partition coefficient (Wildman–Crippen LogP) is 2.55. The lowest BCUT2D eigenvalue weighted by molar-refractivity contribution is -0.161. The molecule has 0 fully saturated rings. The van der Waals surface area contributed by atoms with Crippen molar-refractivity contribution in [3.8, 4) is 5.75 Å². The zero-order valence-electron chi connectivity index (χ0n) is 16.5. The van der Waals surface area contributed by atoms with Crippen LogP contribution < -0.4 is 9.97 Å². The molecule has 0 spiro atoms. The van der Waals surface area contributed by atoms with E-state index < -0.39 is 37.2 Å². The molecule has 29 heavy (non-hydrogen) atoms. The summed E-state index contributed by atoms with van der Waals surface area (Å²) in [7, 11) is -1.40. The molecule has 158 valence electrons. The second-order valence-corrected chi connectivity index (χ2v) is 8.28. The van der Waals surface area contributed by atoms with Gasteiger partial charge < -0.3 is 24.5 Å². The molecule has 1 aliphatic heterocycles. The summed E-state index contributed by atoms with van der Waals surface area (Å²) in [5.74, 6) is -2.45. The Morgan fingerprint density at radius 2 is 1.97 bits per heavy atom. The number of carbonyl (C=O) groups excluding carboxylic acids is 3. The number of halogens is 2. The summed E-state index contributed by atoms with van der Waals surface area (Å²) < 4.78 is 15.3. The number of rotatable bonds is 5. The van der Waals surface area contributed by atoms with Crippen molar-refractivity contribution >= 4 is 48.2 Å². The molecule has 8 nitrogen and oxygen atoms in total. The van der Waals surface area contributed by atoms with Crippen molar-refractivity contribution in [1.82, 2.24) is 5.32 Å². The van der Waals surface area contributed by atoms with E-state index in [9.17, 15) is 19.4 Å². The van der Waals surface area contributed by atoms with Crippen LogP contribution in [0.15, 0.2) is 6.07 Å². The molecule has 0 saturated heterocycles. The number of carbonyl (C=O) groups is 3. The number of nitrogens with one attached hydrogen (secondary N) is 1. The summed E-state index contributed by atoms with van der Waals surface area (Å²) in [6.07, 6.45) is 0.325. The average Bonchev–Trinajstić information content (AvgIpc) is 2.64. The highest BCUT2D eigenvalue weighted by Crippen LogP contribution is 2.40. The minimum Gasteiger partial charge on any atom is -0.534 e. The predicted molar refractivity (Wildman–Crippen MR) is 107 cm³/mol. The molecular weight excluding hydrogens is 424 g/mol. The van der Waals surface area contributed by atoms with E-state index in [1.165, 1.54) is 6.07 Å². The van der Waals surface area contributed by atoms with E-state index in [0.717, 1.165) is 0 Å². The van der Waals surface area contributed by atoms with Crippen LogP contribution >= 0.6 is 23.2 Å². The van der Waals surface area contributed by atoms with Crippen molar-refractivity contribution in [2.75, 3.05) is 6.79 Å². The van der Waals surface area contributed by atoms with Gasteiger partial charge >= 0.3 is 19.1 Å². The molecule has 0 saturated carbocycles. The van der Waals surface area contributed by atoms with Gasteiger partial charge in [-0.3, -0.25) is 9.59 Å². The Kier molecular flexibility index (Phi) is 7.42. The van der Waals surface area contributed by atoms with Crippen LogP contribution in [0, 0.1) is 5.41 Å². The van der Waals surface area contributed by atoms with E-state index in [1.807, 2.05) is 0 Å². The highest BCUT2D eigenvalue weighted by molar-refractivity contribution is 6.48. The molecular formula is C18H22BCl2NO7. The monoisotopic (exact) mass is 445 g/mol. The second-order valence-electron chi connectivity index (χ2n) is 7.50. The Hall–Kier alpha value is -1.97. The number of ether oxygens (including phenoxy) is 2. The van der Waals surface area contributed by atoms with Gasteiger partial charge in [0.15, 0.2) is 0 Å². The third kappa shape index (κ3) is 5.55. The fourth-order valence-electron chi connectivity index (χ4n) is 2.52. The molecule has 0 aromatic heterocycles. The molecule has 1 aliphatic rings. The summed E-state index contributed by atoms with van der Waals surface area (Å²) in [6.45, 7) is 6.06. The van der Waals surface area contributed by atoms with E-state index in [2.05, 4.69) is 5.32 Å². The van der Waals surface area contributed by atoms with Gasteiger partial charge in [0.2, 0.25) is 12.7 Å². The van der Waals surface area contributed by atoms with Gasteiger partial charge in [0.25, 0.3) is 0 Å². The van der Waals surface area contributed by atoms with E-state index in [4.69, 9.17) is 37.3 Å². The van der Waals surface area contributed by atoms with E-state index in [0.29, 0.717) is 5.56 Å². The van der Waals surface area contributed by atoms with E-state index >= 15 is 0 Å². The van der Waals surface area contributed by atoms with Gasteiger partial charge in [-0.1, -0.05) is 30.1 Å². The number of benzene rings is 1. The minimum atomic E-state index is -1.40. The largest absolute Gasteiger partial charge is 0.547 e. The normalized spacial score (nSPS) is 15.8. The Morgan fingerprint density at radius 3 is 2.55 bits per heavy atom. The molecule has 2 rings (SSSR count). The van der Waals surface area contributed by atoms with Crippen molar-refractivity contribution in [3.63, 3.8) is 0 Å². The summed E-state index contributed by atoms with van der Waals surface area (Å²) >= 11 is 12.4. The lowest BCUT2D eigenvalue weighted by Gasteiger charge is -2.30. The molecule has 1 amide bonds. The topological polar surface area (TPSA) is 111 Å². The van der Waals surface area contributed by atoms with Crippen molar-refractivity contribution in [3.05, 3.63) is 27.2 Å². The van der Waals surface area contributed by atoms with Crippen LogP contribution in [0.5, 0.6) is 5.75 Å². The SMILES string of the molecule is CCC(=O)N[C@H]1Cc2c(Cl)c(Cl)cc(C(=O)OCOC(=O)C(C)(C)C)c2OB1O. The summed E-state index contributed by atoms with van der Waals surface area (Å²) in [5.41, 5.74) is -0.481. The first-order valence-corrected chi connectivity index (χ1v) is 9.70. The fraction of sp³-hybridized carbons (Fsp3) is 0.500. The highest BCUT2D eigenvalue weighted by atomic mass is 35.5. The first kappa shape index (κ1) is 23.3. The van der Waals surface area contributed by atoms with Crippen LogP contribution in [0.3, 0.4) is 0 Å². The standard InChI is InChI=1S/C18H22BCl2NO7/c1-5-13(23)22-12-7-9-14(21)11(20)6-10(15(9)29-19(12)26)16(24)27-8-28-17(25)18(2,3)4/h6,12,26H,5,7-8H2,1-4H3,(H,22,23)/t12-/m0/s1. The molecule has 0 unspecified atom stereocenters. The quantitative estimate of drug-likeness (QED) is 0.407. The smallest absolute Gasteiger partial charge is 0.534 e. The van der Waals surface area contributed by atoms with Gasteiger partial charge in [-0.15, -0.1) is 0 Å². The number of amides is 1. The number of esters is 2. The Labute approximate surface area is 178 Å². The lowest BCUT2D eigenvalue weighted by atomic mass is 9.72.